The van der Waals surface area contributed by atoms with Crippen LogP contribution in [0.1, 0.15) is 12.5 Å². The van der Waals surface area contributed by atoms with Gasteiger partial charge in [-0.25, -0.2) is 8.78 Å². The molecular formula is C8H8F2O3S. The first-order valence-electron chi connectivity index (χ1n) is 3.81. The molecule has 78 valence electrons. The molecule has 14 heavy (non-hydrogen) atoms. The summed E-state index contributed by atoms with van der Waals surface area (Å²) in [6, 6.07) is 1.57. The largest absolute Gasteiger partial charge is 0.380 e. The van der Waals surface area contributed by atoms with Crippen LogP contribution in [0.2, 0.25) is 0 Å². The summed E-state index contributed by atoms with van der Waals surface area (Å²) in [4.78, 5) is 0. The molecule has 0 aliphatic carbocycles. The van der Waals surface area contributed by atoms with Gasteiger partial charge >= 0.3 is 11.4 Å². The second-order valence-electron chi connectivity index (χ2n) is 2.52. The zero-order valence-electron chi connectivity index (χ0n) is 7.29. The van der Waals surface area contributed by atoms with Crippen LogP contribution < -0.4 is 4.18 Å². The Kier molecular flexibility index (Phi) is 3.54. The van der Waals surface area contributed by atoms with Crippen LogP contribution in [0.15, 0.2) is 12.1 Å². The van der Waals surface area contributed by atoms with Gasteiger partial charge in [0.1, 0.15) is 11.6 Å². The lowest BCUT2D eigenvalue weighted by Crippen LogP contribution is -2.02. The predicted octanol–water partition coefficient (Wildman–Crippen LogP) is 2.04. The molecule has 0 saturated heterocycles. The molecule has 0 bridgehead atoms. The molecule has 0 aliphatic rings. The van der Waals surface area contributed by atoms with Crippen molar-refractivity contribution in [3.8, 4) is 5.75 Å². The Morgan fingerprint density at radius 1 is 1.50 bits per heavy atom. The van der Waals surface area contributed by atoms with E-state index in [-0.39, 0.29) is 17.7 Å². The van der Waals surface area contributed by atoms with Crippen molar-refractivity contribution in [2.45, 2.75) is 13.3 Å². The summed E-state index contributed by atoms with van der Waals surface area (Å²) < 4.78 is 48.8. The van der Waals surface area contributed by atoms with Gasteiger partial charge in [0, 0.05) is 17.7 Å². The van der Waals surface area contributed by atoms with Crippen LogP contribution in [0.25, 0.3) is 0 Å². The van der Waals surface area contributed by atoms with E-state index in [1.54, 1.807) is 6.92 Å². The second-order valence-corrected chi connectivity index (χ2v) is 3.12. The van der Waals surface area contributed by atoms with E-state index in [0.717, 1.165) is 6.07 Å². The summed E-state index contributed by atoms with van der Waals surface area (Å²) in [6.45, 7) is 1.63. The molecule has 0 amide bonds. The number of benzene rings is 1. The Morgan fingerprint density at radius 3 is 2.64 bits per heavy atom. The van der Waals surface area contributed by atoms with Crippen molar-refractivity contribution < 1.29 is 21.7 Å². The number of rotatable bonds is 3. The van der Waals surface area contributed by atoms with Crippen molar-refractivity contribution in [2.24, 2.45) is 0 Å². The van der Waals surface area contributed by atoms with Gasteiger partial charge in [0.2, 0.25) is 0 Å². The highest BCUT2D eigenvalue weighted by Crippen LogP contribution is 2.24. The molecule has 0 fully saturated rings. The van der Waals surface area contributed by atoms with Crippen molar-refractivity contribution in [3.63, 3.8) is 0 Å². The second kappa shape index (κ2) is 4.47. The molecule has 1 atom stereocenters. The van der Waals surface area contributed by atoms with Crippen LogP contribution in [-0.4, -0.2) is 8.76 Å². The van der Waals surface area contributed by atoms with E-state index in [1.165, 1.54) is 0 Å². The molecule has 1 rings (SSSR count). The Bertz CT molecular complexity index is 368. The maximum absolute atomic E-state index is 13.1. The molecule has 0 heterocycles. The Hall–Kier alpha value is -1.01. The van der Waals surface area contributed by atoms with Crippen LogP contribution in [-0.2, 0) is 17.8 Å². The van der Waals surface area contributed by atoms with Crippen molar-refractivity contribution in [2.75, 3.05) is 0 Å². The lowest BCUT2D eigenvalue weighted by molar-refractivity contribution is 0.449. The van der Waals surface area contributed by atoms with Crippen LogP contribution in [0.5, 0.6) is 5.75 Å². The zero-order chi connectivity index (χ0) is 10.7. The molecular weight excluding hydrogens is 214 g/mol. The van der Waals surface area contributed by atoms with Gasteiger partial charge in [-0.05, 0) is 6.42 Å². The highest BCUT2D eigenvalue weighted by Gasteiger charge is 2.12. The first-order chi connectivity index (χ1) is 6.54. The molecule has 1 aromatic rings. The fourth-order valence-electron chi connectivity index (χ4n) is 1.07. The smallest absolute Gasteiger partial charge is 0.357 e. The van der Waals surface area contributed by atoms with E-state index >= 15 is 0 Å². The maximum atomic E-state index is 13.1. The summed E-state index contributed by atoms with van der Waals surface area (Å²) in [5.41, 5.74) is 0.0776. The minimum absolute atomic E-state index is 0.0776. The van der Waals surface area contributed by atoms with E-state index < -0.39 is 23.0 Å². The lowest BCUT2D eigenvalue weighted by atomic mass is 10.1. The highest BCUT2D eigenvalue weighted by molar-refractivity contribution is 7.74. The molecule has 0 aliphatic heterocycles. The van der Waals surface area contributed by atoms with Gasteiger partial charge in [-0.3, -0.25) is 4.55 Å². The van der Waals surface area contributed by atoms with E-state index in [0.29, 0.717) is 6.07 Å². The van der Waals surface area contributed by atoms with E-state index in [2.05, 4.69) is 4.18 Å². The Balaban J connectivity index is 3.17. The summed E-state index contributed by atoms with van der Waals surface area (Å²) in [5.74, 6) is -1.88. The zero-order valence-corrected chi connectivity index (χ0v) is 8.11. The minimum atomic E-state index is -2.58. The van der Waals surface area contributed by atoms with E-state index in [1.807, 2.05) is 0 Å². The Labute approximate surface area is 82.2 Å². The van der Waals surface area contributed by atoms with Gasteiger partial charge < -0.3 is 4.18 Å². The van der Waals surface area contributed by atoms with Crippen molar-refractivity contribution in [3.05, 3.63) is 29.3 Å². The number of hydrogen-bond acceptors (Lipinski definition) is 2. The predicted molar refractivity (Wildman–Crippen MR) is 47.1 cm³/mol. The van der Waals surface area contributed by atoms with Gasteiger partial charge in [-0.2, -0.15) is 4.21 Å². The molecule has 6 heteroatoms. The normalized spacial score (nSPS) is 12.6. The topological polar surface area (TPSA) is 46.5 Å². The third-order valence-electron chi connectivity index (χ3n) is 1.63. The van der Waals surface area contributed by atoms with Gasteiger partial charge in [-0.15, -0.1) is 0 Å². The third-order valence-corrected chi connectivity index (χ3v) is 1.96. The minimum Gasteiger partial charge on any atom is -0.380 e. The first kappa shape index (κ1) is 11.1. The third kappa shape index (κ3) is 2.49. The summed E-state index contributed by atoms with van der Waals surface area (Å²) in [7, 11) is 0. The molecule has 1 aromatic carbocycles. The van der Waals surface area contributed by atoms with Crippen LogP contribution in [0, 0.1) is 11.6 Å². The summed E-state index contributed by atoms with van der Waals surface area (Å²) in [6.07, 6.45) is 0.249. The van der Waals surface area contributed by atoms with Gasteiger partial charge in [0.15, 0.2) is 5.75 Å². The van der Waals surface area contributed by atoms with Gasteiger partial charge in [0.05, 0.1) is 0 Å². The molecule has 0 spiro atoms. The maximum Gasteiger partial charge on any atom is 0.357 e. The number of hydrogen-bond donors (Lipinski definition) is 1. The van der Waals surface area contributed by atoms with E-state index in [4.69, 9.17) is 4.55 Å². The quantitative estimate of drug-likeness (QED) is 0.796. The van der Waals surface area contributed by atoms with Crippen LogP contribution in [0.3, 0.4) is 0 Å². The molecule has 1 N–H and O–H groups in total. The average molecular weight is 222 g/mol. The fourth-order valence-corrected chi connectivity index (χ4v) is 1.38. The summed E-state index contributed by atoms with van der Waals surface area (Å²) >= 11 is -2.58. The number of halogens is 2. The SMILES string of the molecule is CCc1c(F)cc(F)cc1OS(=O)O. The van der Waals surface area contributed by atoms with E-state index in [9.17, 15) is 13.0 Å². The molecule has 0 saturated carbocycles. The monoisotopic (exact) mass is 222 g/mol. The van der Waals surface area contributed by atoms with Crippen molar-refractivity contribution in [1.29, 1.82) is 0 Å². The average Bonchev–Trinajstić information content (AvgIpc) is 2.01. The van der Waals surface area contributed by atoms with Crippen molar-refractivity contribution >= 4 is 11.4 Å². The summed E-state index contributed by atoms with van der Waals surface area (Å²) in [5, 5.41) is 0. The highest BCUT2D eigenvalue weighted by atomic mass is 32.2. The van der Waals surface area contributed by atoms with Gasteiger partial charge in [-0.1, -0.05) is 6.92 Å². The fraction of sp³-hybridized carbons (Fsp3) is 0.250. The molecule has 0 aromatic heterocycles. The van der Waals surface area contributed by atoms with Crippen LogP contribution >= 0.6 is 0 Å². The standard InChI is InChI=1S/C8H8F2O3S/c1-2-6-7(10)3-5(9)4-8(6)13-14(11)12/h3-4H,2H2,1H3,(H,11,12). The molecule has 0 radical (unpaired) electrons. The van der Waals surface area contributed by atoms with Crippen LogP contribution in [0.4, 0.5) is 8.78 Å². The van der Waals surface area contributed by atoms with Crippen molar-refractivity contribution in [1.82, 2.24) is 0 Å². The Morgan fingerprint density at radius 2 is 2.14 bits per heavy atom. The van der Waals surface area contributed by atoms with Gasteiger partial charge in [0.25, 0.3) is 0 Å². The first-order valence-corrected chi connectivity index (χ1v) is 4.85. The molecule has 3 nitrogen and oxygen atoms in total. The molecule has 1 unspecified atom stereocenters. The lowest BCUT2D eigenvalue weighted by Gasteiger charge is -2.07.